The van der Waals surface area contributed by atoms with Crippen LogP contribution in [0.25, 0.3) is 11.6 Å². The van der Waals surface area contributed by atoms with E-state index < -0.39 is 5.97 Å². The second kappa shape index (κ2) is 6.87. The molecule has 0 aromatic heterocycles. The lowest BCUT2D eigenvalue weighted by Crippen LogP contribution is -2.17. The lowest BCUT2D eigenvalue weighted by Gasteiger charge is -2.26. The predicted octanol–water partition coefficient (Wildman–Crippen LogP) is 5.95. The van der Waals surface area contributed by atoms with Gasteiger partial charge >= 0.3 is 5.97 Å². The summed E-state index contributed by atoms with van der Waals surface area (Å²) in [5.41, 5.74) is 7.03. The van der Waals surface area contributed by atoms with Gasteiger partial charge in [0.25, 0.3) is 0 Å². The van der Waals surface area contributed by atoms with Crippen molar-refractivity contribution in [3.63, 3.8) is 0 Å². The Labute approximate surface area is 150 Å². The maximum atomic E-state index is 11.0. The Balaban J connectivity index is 1.91. The van der Waals surface area contributed by atoms with Crippen LogP contribution in [0.1, 0.15) is 72.6 Å². The third-order valence-electron chi connectivity index (χ3n) is 5.33. The molecule has 0 atom stereocenters. The lowest BCUT2D eigenvalue weighted by atomic mass is 9.79. The largest absolute Gasteiger partial charge is 0.478 e. The average molecular weight is 334 g/mol. The van der Waals surface area contributed by atoms with Gasteiger partial charge in [-0.25, -0.2) is 4.79 Å². The van der Waals surface area contributed by atoms with Crippen LogP contribution in [0, 0.1) is 0 Å². The maximum absolute atomic E-state index is 11.0. The molecule has 0 saturated heterocycles. The van der Waals surface area contributed by atoms with E-state index in [0.29, 0.717) is 5.56 Å². The van der Waals surface area contributed by atoms with Crippen LogP contribution in [0.5, 0.6) is 0 Å². The molecule has 2 nitrogen and oxygen atoms in total. The molecule has 1 aliphatic rings. The molecule has 0 fully saturated rings. The minimum atomic E-state index is -0.888. The molecule has 0 amide bonds. The molecule has 25 heavy (non-hydrogen) atoms. The van der Waals surface area contributed by atoms with E-state index >= 15 is 0 Å². The molecule has 2 aromatic carbocycles. The zero-order valence-corrected chi connectivity index (χ0v) is 15.3. The molecule has 0 bridgehead atoms. The summed E-state index contributed by atoms with van der Waals surface area (Å²) in [4.78, 5) is 11.0. The Kier molecular flexibility index (Phi) is 4.80. The van der Waals surface area contributed by atoms with Gasteiger partial charge < -0.3 is 5.11 Å². The van der Waals surface area contributed by atoms with Crippen LogP contribution in [0.3, 0.4) is 0 Å². The standard InChI is InChI=1S/C23H26O2/c1-16(14-17-7-9-18(10-8-17)22(24)25)19-11-12-21-20(15-19)6-4-5-13-23(21,2)3/h7-12,14-15H,4-6,13H2,1-3H3,(H,24,25). The fraction of sp³-hybridized carbons (Fsp3) is 0.348. The minimum Gasteiger partial charge on any atom is -0.478 e. The Morgan fingerprint density at radius 2 is 1.72 bits per heavy atom. The number of hydrogen-bond donors (Lipinski definition) is 1. The van der Waals surface area contributed by atoms with E-state index in [2.05, 4.69) is 45.0 Å². The van der Waals surface area contributed by atoms with Gasteiger partial charge in [0.05, 0.1) is 5.56 Å². The number of aryl methyl sites for hydroxylation is 1. The second-order valence-corrected chi connectivity index (χ2v) is 7.72. The summed E-state index contributed by atoms with van der Waals surface area (Å²) < 4.78 is 0. The normalized spacial score (nSPS) is 16.8. The number of carboxylic acids is 1. The summed E-state index contributed by atoms with van der Waals surface area (Å²) in [5.74, 6) is -0.888. The Morgan fingerprint density at radius 3 is 2.40 bits per heavy atom. The monoisotopic (exact) mass is 334 g/mol. The van der Waals surface area contributed by atoms with Crippen molar-refractivity contribution in [1.82, 2.24) is 0 Å². The Hall–Kier alpha value is -2.35. The van der Waals surface area contributed by atoms with Crippen LogP contribution in [0.4, 0.5) is 0 Å². The zero-order chi connectivity index (χ0) is 18.0. The highest BCUT2D eigenvalue weighted by Gasteiger charge is 2.25. The van der Waals surface area contributed by atoms with Gasteiger partial charge in [0.1, 0.15) is 0 Å². The smallest absolute Gasteiger partial charge is 0.335 e. The van der Waals surface area contributed by atoms with Crippen LogP contribution < -0.4 is 0 Å². The van der Waals surface area contributed by atoms with E-state index in [1.54, 1.807) is 12.1 Å². The van der Waals surface area contributed by atoms with Crippen LogP contribution in [-0.2, 0) is 11.8 Å². The van der Waals surface area contributed by atoms with Gasteiger partial charge in [-0.1, -0.05) is 56.7 Å². The molecule has 0 aliphatic heterocycles. The first kappa shape index (κ1) is 17.5. The number of carbonyl (C=O) groups is 1. The molecule has 2 heteroatoms. The highest BCUT2D eigenvalue weighted by Crippen LogP contribution is 2.36. The van der Waals surface area contributed by atoms with Crippen molar-refractivity contribution in [2.24, 2.45) is 0 Å². The predicted molar refractivity (Wildman–Crippen MR) is 104 cm³/mol. The van der Waals surface area contributed by atoms with Gasteiger partial charge in [0, 0.05) is 0 Å². The summed E-state index contributed by atoms with van der Waals surface area (Å²) in [6.45, 7) is 6.82. The van der Waals surface area contributed by atoms with E-state index in [9.17, 15) is 4.79 Å². The number of fused-ring (bicyclic) bond motifs is 1. The van der Waals surface area contributed by atoms with Crippen molar-refractivity contribution in [3.8, 4) is 0 Å². The zero-order valence-electron chi connectivity index (χ0n) is 15.3. The van der Waals surface area contributed by atoms with E-state index in [0.717, 1.165) is 12.0 Å². The molecule has 0 radical (unpaired) electrons. The van der Waals surface area contributed by atoms with Gasteiger partial charge in [0.2, 0.25) is 0 Å². The van der Waals surface area contributed by atoms with Crippen LogP contribution in [0.2, 0.25) is 0 Å². The van der Waals surface area contributed by atoms with Crippen LogP contribution in [-0.4, -0.2) is 11.1 Å². The SMILES string of the molecule is CC(=Cc1ccc(C(=O)O)cc1)c1ccc2c(c1)CCCCC2(C)C. The fourth-order valence-corrected chi connectivity index (χ4v) is 3.78. The van der Waals surface area contributed by atoms with Crippen molar-refractivity contribution in [3.05, 3.63) is 70.3 Å². The average Bonchev–Trinajstić information content (AvgIpc) is 2.73. The van der Waals surface area contributed by atoms with Gasteiger partial charge in [-0.15, -0.1) is 0 Å². The number of allylic oxidation sites excluding steroid dienone is 1. The van der Waals surface area contributed by atoms with Crippen molar-refractivity contribution in [2.75, 3.05) is 0 Å². The first-order chi connectivity index (χ1) is 11.9. The van der Waals surface area contributed by atoms with Crippen molar-refractivity contribution in [1.29, 1.82) is 0 Å². The number of rotatable bonds is 3. The third-order valence-corrected chi connectivity index (χ3v) is 5.33. The molecule has 1 aliphatic carbocycles. The highest BCUT2D eigenvalue weighted by molar-refractivity contribution is 5.88. The number of benzene rings is 2. The van der Waals surface area contributed by atoms with Crippen molar-refractivity contribution in [2.45, 2.75) is 51.9 Å². The van der Waals surface area contributed by atoms with Gasteiger partial charge in [-0.05, 0) is 71.6 Å². The molecular formula is C23H26O2. The molecule has 130 valence electrons. The summed E-state index contributed by atoms with van der Waals surface area (Å²) in [6.07, 6.45) is 7.09. The van der Waals surface area contributed by atoms with Crippen LogP contribution >= 0.6 is 0 Å². The minimum absolute atomic E-state index is 0.259. The number of hydrogen-bond acceptors (Lipinski definition) is 1. The third kappa shape index (κ3) is 3.84. The highest BCUT2D eigenvalue weighted by atomic mass is 16.4. The molecule has 0 saturated carbocycles. The second-order valence-electron chi connectivity index (χ2n) is 7.72. The maximum Gasteiger partial charge on any atom is 0.335 e. The Bertz CT molecular complexity index is 810. The summed E-state index contributed by atoms with van der Waals surface area (Å²) in [5, 5.41) is 9.00. The number of carboxylic acid groups (broad SMARTS) is 1. The molecule has 0 heterocycles. The van der Waals surface area contributed by atoms with Crippen molar-refractivity contribution < 1.29 is 9.90 Å². The van der Waals surface area contributed by atoms with Gasteiger partial charge in [-0.2, -0.15) is 0 Å². The molecular weight excluding hydrogens is 308 g/mol. The van der Waals surface area contributed by atoms with E-state index in [4.69, 9.17) is 5.11 Å². The molecule has 0 spiro atoms. The topological polar surface area (TPSA) is 37.3 Å². The van der Waals surface area contributed by atoms with E-state index in [1.165, 1.54) is 41.5 Å². The summed E-state index contributed by atoms with van der Waals surface area (Å²) in [6, 6.07) is 13.9. The van der Waals surface area contributed by atoms with E-state index in [-0.39, 0.29) is 5.41 Å². The van der Waals surface area contributed by atoms with Crippen LogP contribution in [0.15, 0.2) is 42.5 Å². The van der Waals surface area contributed by atoms with E-state index in [1.807, 2.05) is 12.1 Å². The first-order valence-electron chi connectivity index (χ1n) is 9.02. The molecule has 3 rings (SSSR count). The molecule has 1 N–H and O–H groups in total. The van der Waals surface area contributed by atoms with Gasteiger partial charge in [-0.3, -0.25) is 0 Å². The van der Waals surface area contributed by atoms with Gasteiger partial charge in [0.15, 0.2) is 0 Å². The van der Waals surface area contributed by atoms with Crippen molar-refractivity contribution >= 4 is 17.6 Å². The summed E-state index contributed by atoms with van der Waals surface area (Å²) in [7, 11) is 0. The molecule has 2 aromatic rings. The lowest BCUT2D eigenvalue weighted by molar-refractivity contribution is 0.0697. The fourth-order valence-electron chi connectivity index (χ4n) is 3.78. The Morgan fingerprint density at radius 1 is 1.04 bits per heavy atom. The first-order valence-corrected chi connectivity index (χ1v) is 9.02. The molecule has 0 unspecified atom stereocenters. The number of aromatic carboxylic acids is 1. The summed E-state index contributed by atoms with van der Waals surface area (Å²) >= 11 is 0. The quantitative estimate of drug-likeness (QED) is 0.556.